The molecule has 5 rings (SSSR count). The minimum atomic E-state index is -1.81. The van der Waals surface area contributed by atoms with E-state index >= 15 is 0 Å². The molecule has 0 aromatic carbocycles. The number of anilines is 3. The zero-order valence-electron chi connectivity index (χ0n) is 25.6. The van der Waals surface area contributed by atoms with Crippen molar-refractivity contribution in [3.8, 4) is 0 Å². The number of amides is 3. The molecule has 252 valence electrons. The van der Waals surface area contributed by atoms with Crippen LogP contribution in [0.2, 0.25) is 0 Å². The highest BCUT2D eigenvalue weighted by atomic mass is 32.2. The predicted octanol–water partition coefficient (Wildman–Crippen LogP) is -1.71. The number of nitrogens with zero attached hydrogens (tertiary/aromatic N) is 6. The molecule has 0 saturated carbocycles. The first-order valence-corrected chi connectivity index (χ1v) is 16.2. The van der Waals surface area contributed by atoms with Crippen LogP contribution in [0.15, 0.2) is 22.6 Å². The third-order valence-electron chi connectivity index (χ3n) is 7.89. The van der Waals surface area contributed by atoms with E-state index in [9.17, 15) is 34.2 Å². The Morgan fingerprint density at radius 2 is 1.94 bits per heavy atom. The highest BCUT2D eigenvalue weighted by Crippen LogP contribution is 2.40. The number of nitrogens with two attached hydrogens (primary N) is 2. The Balaban J connectivity index is 1.33. The van der Waals surface area contributed by atoms with Crippen molar-refractivity contribution in [2.45, 2.75) is 50.3 Å². The molecule has 2 fully saturated rings. The van der Waals surface area contributed by atoms with Gasteiger partial charge in [-0.3, -0.25) is 19.3 Å². The number of thioether (sulfide) groups is 1. The van der Waals surface area contributed by atoms with Crippen molar-refractivity contribution in [3.63, 3.8) is 0 Å². The van der Waals surface area contributed by atoms with Crippen LogP contribution in [0.4, 0.5) is 16.6 Å². The molecular formula is C26H34N11O8S2+. The van der Waals surface area contributed by atoms with Gasteiger partial charge in [-0.15, -0.1) is 21.1 Å². The lowest BCUT2D eigenvalue weighted by atomic mass is 9.97. The van der Waals surface area contributed by atoms with Crippen molar-refractivity contribution in [2.75, 3.05) is 35.6 Å². The summed E-state index contributed by atoms with van der Waals surface area (Å²) in [4.78, 5) is 73.4. The summed E-state index contributed by atoms with van der Waals surface area (Å²) in [7, 11) is 1.67. The molecule has 2 aromatic heterocycles. The number of rotatable bonds is 11. The van der Waals surface area contributed by atoms with Gasteiger partial charge in [0.25, 0.3) is 11.8 Å². The quantitative estimate of drug-likeness (QED) is 0.0598. The number of carboxylic acid groups (broad SMARTS) is 2. The number of oxime groups is 1. The summed E-state index contributed by atoms with van der Waals surface area (Å²) in [5, 5.41) is 31.0. The van der Waals surface area contributed by atoms with Crippen molar-refractivity contribution < 1.29 is 43.7 Å². The second-order valence-electron chi connectivity index (χ2n) is 11.5. The van der Waals surface area contributed by atoms with Gasteiger partial charge in [0.1, 0.15) is 17.1 Å². The number of aliphatic carboxylic acids is 2. The molecule has 9 N–H and O–H groups in total. The van der Waals surface area contributed by atoms with E-state index in [-0.39, 0.29) is 46.6 Å². The van der Waals surface area contributed by atoms with Crippen LogP contribution in [0.5, 0.6) is 0 Å². The van der Waals surface area contributed by atoms with Gasteiger partial charge >= 0.3 is 11.9 Å². The molecule has 5 heterocycles. The van der Waals surface area contributed by atoms with E-state index in [2.05, 4.69) is 30.5 Å². The smallest absolute Gasteiger partial charge is 0.352 e. The molecule has 0 bridgehead atoms. The summed E-state index contributed by atoms with van der Waals surface area (Å²) < 4.78 is 7.16. The Morgan fingerprint density at radius 1 is 1.23 bits per heavy atom. The predicted molar refractivity (Wildman–Crippen MR) is 168 cm³/mol. The minimum Gasteiger partial charge on any atom is -0.478 e. The SMILES string of the molecule is Cn1c(N)c(NC(=O)C2CCNCC2)c[n+]1CC1=C(C(=O)O)N2C(=O)[C@@H](NC(=O)/C(=N\OC(C)(C)C(=O)O)c3nsc(N)n3)[C@H]2SC1. The van der Waals surface area contributed by atoms with Gasteiger partial charge in [-0.2, -0.15) is 9.36 Å². The molecule has 0 aliphatic carbocycles. The molecule has 19 nitrogen and oxygen atoms in total. The van der Waals surface area contributed by atoms with E-state index < -0.39 is 46.5 Å². The van der Waals surface area contributed by atoms with Crippen molar-refractivity contribution in [1.82, 2.24) is 29.6 Å². The molecule has 2 atom stereocenters. The molecule has 21 heteroatoms. The Bertz CT molecular complexity index is 1690. The van der Waals surface area contributed by atoms with Crippen LogP contribution in [0.1, 0.15) is 32.5 Å². The number of nitrogens with one attached hydrogen (secondary N) is 3. The third-order valence-corrected chi connectivity index (χ3v) is 9.78. The van der Waals surface area contributed by atoms with Gasteiger partial charge in [0, 0.05) is 28.8 Å². The minimum absolute atomic E-state index is 0.00427. The van der Waals surface area contributed by atoms with Crippen molar-refractivity contribution in [3.05, 3.63) is 23.3 Å². The maximum absolute atomic E-state index is 13.3. The lowest BCUT2D eigenvalue weighted by Gasteiger charge is -2.49. The average molecular weight is 693 g/mol. The molecule has 3 aliphatic heterocycles. The lowest BCUT2D eigenvalue weighted by molar-refractivity contribution is -0.765. The fourth-order valence-electron chi connectivity index (χ4n) is 5.11. The fraction of sp³-hybridized carbons (Fsp3) is 0.500. The molecule has 47 heavy (non-hydrogen) atoms. The van der Waals surface area contributed by atoms with E-state index in [1.807, 2.05) is 0 Å². The van der Waals surface area contributed by atoms with E-state index in [0.717, 1.165) is 29.5 Å². The zero-order chi connectivity index (χ0) is 34.2. The normalized spacial score (nSPS) is 20.4. The number of fused-ring (bicyclic) bond motifs is 1. The summed E-state index contributed by atoms with van der Waals surface area (Å²) in [6.45, 7) is 3.99. The number of carboxylic acids is 2. The Hall–Kier alpha value is -4.76. The van der Waals surface area contributed by atoms with Gasteiger partial charge in [-0.05, 0) is 39.8 Å². The number of aromatic nitrogens is 4. The first-order valence-electron chi connectivity index (χ1n) is 14.4. The second-order valence-corrected chi connectivity index (χ2v) is 13.4. The largest absolute Gasteiger partial charge is 0.478 e. The molecular weight excluding hydrogens is 658 g/mol. The number of carbonyl (C=O) groups excluding carboxylic acids is 3. The molecule has 0 radical (unpaired) electrons. The molecule has 0 unspecified atom stereocenters. The van der Waals surface area contributed by atoms with Crippen LogP contribution in [-0.4, -0.2) is 100 Å². The molecule has 3 aliphatic rings. The maximum Gasteiger partial charge on any atom is 0.352 e. The summed E-state index contributed by atoms with van der Waals surface area (Å²) in [6, 6.07) is -1.15. The van der Waals surface area contributed by atoms with Crippen LogP contribution in [0.3, 0.4) is 0 Å². The summed E-state index contributed by atoms with van der Waals surface area (Å²) >= 11 is 2.00. The van der Waals surface area contributed by atoms with E-state index in [1.165, 1.54) is 25.6 Å². The number of carbonyl (C=O) groups is 5. The monoisotopic (exact) mass is 692 g/mol. The Morgan fingerprint density at radius 3 is 2.55 bits per heavy atom. The number of nitrogen functional groups attached to an aromatic ring is 2. The van der Waals surface area contributed by atoms with E-state index in [0.29, 0.717) is 24.1 Å². The second kappa shape index (κ2) is 13.2. The molecule has 2 saturated heterocycles. The van der Waals surface area contributed by atoms with Crippen molar-refractivity contribution in [1.29, 1.82) is 0 Å². The molecule has 0 spiro atoms. The zero-order valence-corrected chi connectivity index (χ0v) is 27.2. The van der Waals surface area contributed by atoms with Gasteiger partial charge in [0.2, 0.25) is 29.2 Å². The Kier molecular flexibility index (Phi) is 9.41. The third kappa shape index (κ3) is 6.72. The highest BCUT2D eigenvalue weighted by molar-refractivity contribution is 8.00. The average Bonchev–Trinajstić information content (AvgIpc) is 3.57. The van der Waals surface area contributed by atoms with Gasteiger partial charge < -0.3 is 42.5 Å². The highest BCUT2D eigenvalue weighted by Gasteiger charge is 2.55. The van der Waals surface area contributed by atoms with Gasteiger partial charge in [-0.25, -0.2) is 9.59 Å². The summed E-state index contributed by atoms with van der Waals surface area (Å²) in [5.74, 6) is -4.40. The van der Waals surface area contributed by atoms with Crippen LogP contribution >= 0.6 is 23.3 Å². The van der Waals surface area contributed by atoms with Crippen LogP contribution < -0.4 is 32.1 Å². The van der Waals surface area contributed by atoms with E-state index in [4.69, 9.17) is 16.3 Å². The number of β-lactam (4-membered cyclic amide) rings is 1. The van der Waals surface area contributed by atoms with Gasteiger partial charge in [0.15, 0.2) is 23.2 Å². The number of hydrogen-bond acceptors (Lipinski definition) is 14. The molecule has 2 aromatic rings. The summed E-state index contributed by atoms with van der Waals surface area (Å²) in [6.07, 6.45) is 3.03. The maximum atomic E-state index is 13.3. The van der Waals surface area contributed by atoms with Crippen LogP contribution in [0, 0.1) is 5.92 Å². The summed E-state index contributed by atoms with van der Waals surface area (Å²) in [5.41, 5.74) is 10.2. The lowest BCUT2D eigenvalue weighted by Crippen LogP contribution is -2.71. The van der Waals surface area contributed by atoms with Gasteiger partial charge in [-0.1, -0.05) is 5.16 Å². The molecule has 3 amide bonds. The first kappa shape index (κ1) is 33.6. The number of piperidine rings is 1. The number of hydrogen-bond donors (Lipinski definition) is 7. The fourth-order valence-corrected chi connectivity index (χ4v) is 6.88. The van der Waals surface area contributed by atoms with E-state index in [1.54, 1.807) is 22.6 Å². The first-order chi connectivity index (χ1) is 22.2. The standard InChI is InChI=1S/C26H33N11O8S2/c1-26(2,24(43)44)45-33-14(18-32-25(28)47-34-18)20(39)31-15-21(40)37-16(23(41)42)12(10-46-22(15)37)8-36-9-13(17(27)35(36)3)30-19(38)11-4-6-29-7-5-11/h9,11,15,22,27,29H,4-8,10H2,1-3H3,(H6,28,30,31,32,34,38,39,41,42,43,44)/p+1/b33-14-/t15-,22-/m1/s1. The topological polar surface area (TPSA) is 273 Å². The van der Waals surface area contributed by atoms with Crippen molar-refractivity contribution in [2.24, 2.45) is 18.1 Å². The Labute approximate surface area is 275 Å². The van der Waals surface area contributed by atoms with Crippen molar-refractivity contribution >= 4 is 75.3 Å². The van der Waals surface area contributed by atoms with Crippen LogP contribution in [-0.2, 0) is 42.4 Å². The van der Waals surface area contributed by atoms with Crippen LogP contribution in [0.25, 0.3) is 0 Å². The van der Waals surface area contributed by atoms with Gasteiger partial charge in [0.05, 0.1) is 7.05 Å².